The molecule has 21 heavy (non-hydrogen) atoms. The monoisotopic (exact) mass is 353 g/mol. The van der Waals surface area contributed by atoms with Gasteiger partial charge in [-0.1, -0.05) is 15.9 Å². The minimum atomic E-state index is -0.561. The number of halogens is 1. The number of benzene rings is 1. The molecule has 1 heterocycles. The Labute approximate surface area is 130 Å². The Kier molecular flexibility index (Phi) is 3.73. The Morgan fingerprint density at radius 2 is 2.14 bits per heavy atom. The number of hydrogen-bond acceptors (Lipinski definition) is 4. The minimum Gasteiger partial charge on any atom is -0.353 e. The summed E-state index contributed by atoms with van der Waals surface area (Å²) < 4.78 is 11.5. The standard InChI is InChI=1S/C14H16BrN3O3/c1-20-14(21-2)6-9(7-14)16-13(19)12-10-5-8(15)3-4-11(10)17-18-12/h3-5,9H,6-7H2,1-2H3,(H,16,19)(H,17,18). The SMILES string of the molecule is COC1(OC)CC(NC(=O)c2n[nH]c3ccc(Br)cc23)C1. The van der Waals surface area contributed by atoms with Crippen molar-refractivity contribution in [3.8, 4) is 0 Å². The summed E-state index contributed by atoms with van der Waals surface area (Å²) in [5.41, 5.74) is 1.23. The summed E-state index contributed by atoms with van der Waals surface area (Å²) in [5.74, 6) is -0.751. The van der Waals surface area contributed by atoms with Crippen molar-refractivity contribution in [1.29, 1.82) is 0 Å². The second-order valence-electron chi connectivity index (χ2n) is 5.16. The molecule has 112 valence electrons. The fraction of sp³-hybridized carbons (Fsp3) is 0.429. The number of aromatic nitrogens is 2. The highest BCUT2D eigenvalue weighted by atomic mass is 79.9. The van der Waals surface area contributed by atoms with E-state index >= 15 is 0 Å². The predicted molar refractivity (Wildman–Crippen MR) is 81.0 cm³/mol. The van der Waals surface area contributed by atoms with Crippen molar-refractivity contribution < 1.29 is 14.3 Å². The average molecular weight is 354 g/mol. The van der Waals surface area contributed by atoms with Crippen molar-refractivity contribution >= 4 is 32.7 Å². The lowest BCUT2D eigenvalue weighted by Gasteiger charge is -2.45. The van der Waals surface area contributed by atoms with Gasteiger partial charge in [-0.25, -0.2) is 0 Å². The van der Waals surface area contributed by atoms with E-state index in [2.05, 4.69) is 31.4 Å². The molecule has 0 bridgehead atoms. The fourth-order valence-electron chi connectivity index (χ4n) is 2.62. The molecule has 6 nitrogen and oxygen atoms in total. The van der Waals surface area contributed by atoms with Gasteiger partial charge in [0.05, 0.1) is 5.52 Å². The molecule has 1 fully saturated rings. The number of nitrogens with one attached hydrogen (secondary N) is 2. The van der Waals surface area contributed by atoms with E-state index in [0.717, 1.165) is 15.4 Å². The maximum absolute atomic E-state index is 12.3. The van der Waals surface area contributed by atoms with E-state index in [-0.39, 0.29) is 11.9 Å². The number of ether oxygens (including phenoxy) is 2. The van der Waals surface area contributed by atoms with Crippen LogP contribution in [0.5, 0.6) is 0 Å². The van der Waals surface area contributed by atoms with Crippen LogP contribution in [0.15, 0.2) is 22.7 Å². The molecule has 1 aliphatic rings. The highest BCUT2D eigenvalue weighted by molar-refractivity contribution is 9.10. The Morgan fingerprint density at radius 3 is 2.81 bits per heavy atom. The van der Waals surface area contributed by atoms with E-state index in [0.29, 0.717) is 18.5 Å². The normalized spacial score (nSPS) is 17.7. The van der Waals surface area contributed by atoms with Crippen LogP contribution in [0.2, 0.25) is 0 Å². The Hall–Kier alpha value is -1.44. The maximum Gasteiger partial charge on any atom is 0.272 e. The van der Waals surface area contributed by atoms with Gasteiger partial charge in [0.25, 0.3) is 5.91 Å². The van der Waals surface area contributed by atoms with Crippen molar-refractivity contribution in [2.75, 3.05) is 14.2 Å². The first-order valence-electron chi connectivity index (χ1n) is 6.62. The zero-order valence-corrected chi connectivity index (χ0v) is 13.4. The summed E-state index contributed by atoms with van der Waals surface area (Å²) in [6.07, 6.45) is 1.27. The number of carbonyl (C=O) groups is 1. The molecule has 3 rings (SSSR count). The number of nitrogens with zero attached hydrogens (tertiary/aromatic N) is 1. The molecule has 0 atom stereocenters. The molecule has 1 aromatic carbocycles. The van der Waals surface area contributed by atoms with E-state index in [1.807, 2.05) is 18.2 Å². The van der Waals surface area contributed by atoms with Crippen LogP contribution in [0.4, 0.5) is 0 Å². The van der Waals surface area contributed by atoms with E-state index in [9.17, 15) is 4.79 Å². The van der Waals surface area contributed by atoms with Crippen LogP contribution >= 0.6 is 15.9 Å². The third kappa shape index (κ3) is 2.56. The van der Waals surface area contributed by atoms with Crippen LogP contribution in [-0.4, -0.2) is 42.2 Å². The lowest BCUT2D eigenvalue weighted by atomic mass is 9.85. The molecule has 2 N–H and O–H groups in total. The van der Waals surface area contributed by atoms with Gasteiger partial charge in [0.1, 0.15) is 0 Å². The maximum atomic E-state index is 12.3. The van der Waals surface area contributed by atoms with Crippen LogP contribution in [0.25, 0.3) is 10.9 Å². The summed E-state index contributed by atoms with van der Waals surface area (Å²) >= 11 is 3.40. The molecule has 1 amide bonds. The summed E-state index contributed by atoms with van der Waals surface area (Å²) in [5, 5.41) is 10.7. The van der Waals surface area contributed by atoms with Crippen LogP contribution in [0.3, 0.4) is 0 Å². The molecule has 1 aliphatic carbocycles. The molecule has 2 aromatic rings. The van der Waals surface area contributed by atoms with Gasteiger partial charge in [0, 0.05) is 43.0 Å². The molecule has 0 spiro atoms. The molecule has 1 aromatic heterocycles. The summed E-state index contributed by atoms with van der Waals surface area (Å²) in [4.78, 5) is 12.3. The molecule has 1 saturated carbocycles. The highest BCUT2D eigenvalue weighted by Crippen LogP contribution is 2.36. The third-order valence-electron chi connectivity index (χ3n) is 3.93. The molecule has 0 unspecified atom stereocenters. The first kappa shape index (κ1) is 14.5. The smallest absolute Gasteiger partial charge is 0.272 e. The second-order valence-corrected chi connectivity index (χ2v) is 6.08. The minimum absolute atomic E-state index is 0.0382. The number of amides is 1. The van der Waals surface area contributed by atoms with Gasteiger partial charge in [0.2, 0.25) is 0 Å². The lowest BCUT2D eigenvalue weighted by Crippen LogP contribution is -2.57. The molecular formula is C14H16BrN3O3. The van der Waals surface area contributed by atoms with Crippen molar-refractivity contribution in [3.05, 3.63) is 28.4 Å². The topological polar surface area (TPSA) is 76.2 Å². The number of hydrogen-bond donors (Lipinski definition) is 2. The molecule has 0 saturated heterocycles. The third-order valence-corrected chi connectivity index (χ3v) is 4.43. The van der Waals surface area contributed by atoms with Gasteiger partial charge in [-0.3, -0.25) is 9.89 Å². The molecule has 0 radical (unpaired) electrons. The van der Waals surface area contributed by atoms with E-state index in [1.54, 1.807) is 14.2 Å². The van der Waals surface area contributed by atoms with Crippen LogP contribution in [-0.2, 0) is 9.47 Å². The summed E-state index contributed by atoms with van der Waals surface area (Å²) in [7, 11) is 3.22. The Balaban J connectivity index is 1.72. The van der Waals surface area contributed by atoms with Crippen molar-refractivity contribution in [1.82, 2.24) is 15.5 Å². The van der Waals surface area contributed by atoms with Crippen LogP contribution < -0.4 is 5.32 Å². The number of H-pyrrole nitrogens is 1. The second kappa shape index (κ2) is 5.40. The van der Waals surface area contributed by atoms with E-state index in [4.69, 9.17) is 9.47 Å². The zero-order valence-electron chi connectivity index (χ0n) is 11.8. The van der Waals surface area contributed by atoms with Gasteiger partial charge in [-0.05, 0) is 18.2 Å². The first-order chi connectivity index (χ1) is 10.1. The van der Waals surface area contributed by atoms with E-state index in [1.165, 1.54) is 0 Å². The van der Waals surface area contributed by atoms with Gasteiger partial charge >= 0.3 is 0 Å². The van der Waals surface area contributed by atoms with Crippen molar-refractivity contribution in [2.24, 2.45) is 0 Å². The van der Waals surface area contributed by atoms with Gasteiger partial charge in [0.15, 0.2) is 11.5 Å². The number of rotatable bonds is 4. The number of aromatic amines is 1. The van der Waals surface area contributed by atoms with Gasteiger partial charge < -0.3 is 14.8 Å². The number of fused-ring (bicyclic) bond motifs is 1. The molecular weight excluding hydrogens is 338 g/mol. The average Bonchev–Trinajstić information content (AvgIpc) is 2.85. The van der Waals surface area contributed by atoms with E-state index < -0.39 is 5.79 Å². The number of methoxy groups -OCH3 is 2. The number of carbonyl (C=O) groups excluding carboxylic acids is 1. The Bertz CT molecular complexity index is 673. The molecule has 7 heteroatoms. The van der Waals surface area contributed by atoms with Gasteiger partial charge in [-0.15, -0.1) is 0 Å². The van der Waals surface area contributed by atoms with Gasteiger partial charge in [-0.2, -0.15) is 5.10 Å². The van der Waals surface area contributed by atoms with Crippen molar-refractivity contribution in [3.63, 3.8) is 0 Å². The van der Waals surface area contributed by atoms with Crippen molar-refractivity contribution in [2.45, 2.75) is 24.7 Å². The summed E-state index contributed by atoms with van der Waals surface area (Å²) in [6.45, 7) is 0. The quantitative estimate of drug-likeness (QED) is 0.826. The summed E-state index contributed by atoms with van der Waals surface area (Å²) in [6, 6.07) is 5.70. The first-order valence-corrected chi connectivity index (χ1v) is 7.41. The lowest BCUT2D eigenvalue weighted by molar-refractivity contribution is -0.258. The predicted octanol–water partition coefficient (Wildman–Crippen LogP) is 2.21. The Morgan fingerprint density at radius 1 is 1.43 bits per heavy atom. The highest BCUT2D eigenvalue weighted by Gasteiger charge is 2.46. The zero-order chi connectivity index (χ0) is 15.0. The van der Waals surface area contributed by atoms with Crippen LogP contribution in [0.1, 0.15) is 23.3 Å². The largest absolute Gasteiger partial charge is 0.353 e. The fourth-order valence-corrected chi connectivity index (χ4v) is 2.98. The van der Waals surface area contributed by atoms with Crippen LogP contribution in [0, 0.1) is 0 Å². The molecule has 0 aliphatic heterocycles.